The Morgan fingerprint density at radius 3 is 1.60 bits per heavy atom. The number of hydrogen-bond donors (Lipinski definition) is 1. The predicted molar refractivity (Wildman–Crippen MR) is 157 cm³/mol. The molecule has 0 aliphatic heterocycles. The lowest BCUT2D eigenvalue weighted by Crippen LogP contribution is -2.22. The predicted octanol–water partition coefficient (Wildman–Crippen LogP) is 7.90. The van der Waals surface area contributed by atoms with Crippen LogP contribution in [0.25, 0.3) is 0 Å². The molecule has 0 heterocycles. The smallest absolute Gasteiger partial charge is 0.311 e. The highest BCUT2D eigenvalue weighted by atomic mass is 16.5. The third kappa shape index (κ3) is 8.87. The lowest BCUT2D eigenvalue weighted by Gasteiger charge is -2.31. The number of aromatic hydroxyl groups is 1. The molecular weight excluding hydrogens is 504 g/mol. The molecule has 0 spiro atoms. The molecule has 1 N–H and O–H groups in total. The number of ether oxygens (including phenoxy) is 3. The number of esters is 2. The summed E-state index contributed by atoms with van der Waals surface area (Å²) in [5.74, 6) is 1.47. The van der Waals surface area contributed by atoms with E-state index in [9.17, 15) is 14.7 Å². The Morgan fingerprint density at radius 1 is 0.700 bits per heavy atom. The maximum atomic E-state index is 12.3. The zero-order valence-corrected chi connectivity index (χ0v) is 24.4. The Kier molecular flexibility index (Phi) is 10.8. The summed E-state index contributed by atoms with van der Waals surface area (Å²) in [7, 11) is 0. The number of para-hydroxylation sites is 2. The fraction of sp³-hybridized carbons (Fsp3) is 0.412. The summed E-state index contributed by atoms with van der Waals surface area (Å²) in [6.45, 7) is 10.7. The molecule has 3 aromatic carbocycles. The molecular formula is C34H42O6. The minimum atomic E-state index is -0.396. The molecule has 0 fully saturated rings. The molecule has 0 aliphatic rings. The number of hydrogen-bond acceptors (Lipinski definition) is 6. The molecule has 0 aliphatic carbocycles. The van der Waals surface area contributed by atoms with Crippen molar-refractivity contribution < 1.29 is 28.9 Å². The van der Waals surface area contributed by atoms with Gasteiger partial charge in [0, 0.05) is 24.0 Å². The number of benzene rings is 3. The molecule has 6 nitrogen and oxygen atoms in total. The van der Waals surface area contributed by atoms with Crippen LogP contribution in [0.4, 0.5) is 0 Å². The molecule has 0 amide bonds. The monoisotopic (exact) mass is 546 g/mol. The van der Waals surface area contributed by atoms with Crippen molar-refractivity contribution in [3.63, 3.8) is 0 Å². The number of carbonyl (C=O) groups excluding carboxylic acids is 2. The van der Waals surface area contributed by atoms with Crippen LogP contribution in [0.15, 0.2) is 72.8 Å². The van der Waals surface area contributed by atoms with Gasteiger partial charge in [0.25, 0.3) is 0 Å². The molecule has 40 heavy (non-hydrogen) atoms. The fourth-order valence-corrected chi connectivity index (χ4v) is 4.87. The molecule has 6 heteroatoms. The average Bonchev–Trinajstić information content (AvgIpc) is 2.90. The van der Waals surface area contributed by atoms with Crippen molar-refractivity contribution >= 4 is 11.9 Å². The zero-order chi connectivity index (χ0) is 29.2. The van der Waals surface area contributed by atoms with Crippen molar-refractivity contribution in [2.75, 3.05) is 6.61 Å². The standard InChI is InChI=1S/C34H42O6/c1-6-38-30-24-27(33(2,3)21-13-19-31(36)39-25-15-9-7-10-16-25)29(35)23-28(30)34(4,5)22-14-20-32(37)40-26-17-11-8-12-18-26/h7-12,15-18,23-24,35H,6,13-14,19-22H2,1-5H3. The summed E-state index contributed by atoms with van der Waals surface area (Å²) < 4.78 is 16.9. The van der Waals surface area contributed by atoms with Crippen LogP contribution in [0.1, 0.15) is 84.3 Å². The van der Waals surface area contributed by atoms with Crippen molar-refractivity contribution in [3.05, 3.63) is 83.9 Å². The average molecular weight is 547 g/mol. The first-order valence-electron chi connectivity index (χ1n) is 14.0. The highest BCUT2D eigenvalue weighted by Gasteiger charge is 2.31. The van der Waals surface area contributed by atoms with Crippen LogP contribution in [-0.2, 0) is 20.4 Å². The van der Waals surface area contributed by atoms with Crippen molar-refractivity contribution in [1.29, 1.82) is 0 Å². The van der Waals surface area contributed by atoms with Crippen molar-refractivity contribution in [2.45, 2.75) is 84.0 Å². The van der Waals surface area contributed by atoms with E-state index < -0.39 is 5.41 Å². The highest BCUT2D eigenvalue weighted by molar-refractivity contribution is 5.72. The summed E-state index contributed by atoms with van der Waals surface area (Å²) in [5, 5.41) is 11.1. The van der Waals surface area contributed by atoms with Gasteiger partial charge in [-0.2, -0.15) is 0 Å². The minimum absolute atomic E-state index is 0.201. The molecule has 3 rings (SSSR count). The van der Waals surface area contributed by atoms with Crippen molar-refractivity contribution in [2.24, 2.45) is 0 Å². The second-order valence-electron chi connectivity index (χ2n) is 11.3. The summed E-state index contributed by atoms with van der Waals surface area (Å²) in [6.07, 6.45) is 3.23. The van der Waals surface area contributed by atoms with Gasteiger partial charge >= 0.3 is 11.9 Å². The molecule has 3 aromatic rings. The van der Waals surface area contributed by atoms with Crippen LogP contribution in [0.3, 0.4) is 0 Å². The largest absolute Gasteiger partial charge is 0.508 e. The Labute approximate surface area is 238 Å². The Bertz CT molecular complexity index is 1250. The van der Waals surface area contributed by atoms with E-state index >= 15 is 0 Å². The summed E-state index contributed by atoms with van der Waals surface area (Å²) in [4.78, 5) is 24.6. The van der Waals surface area contributed by atoms with Crippen LogP contribution in [0.5, 0.6) is 23.0 Å². The molecule has 0 saturated heterocycles. The Balaban J connectivity index is 1.64. The van der Waals surface area contributed by atoms with Gasteiger partial charge in [-0.3, -0.25) is 9.59 Å². The minimum Gasteiger partial charge on any atom is -0.508 e. The first-order chi connectivity index (χ1) is 19.0. The van der Waals surface area contributed by atoms with Gasteiger partial charge in [-0.25, -0.2) is 0 Å². The second-order valence-corrected chi connectivity index (χ2v) is 11.3. The highest BCUT2D eigenvalue weighted by Crippen LogP contribution is 2.44. The fourth-order valence-electron chi connectivity index (χ4n) is 4.87. The molecule has 0 unspecified atom stereocenters. The van der Waals surface area contributed by atoms with Gasteiger partial charge in [-0.15, -0.1) is 0 Å². The summed E-state index contributed by atoms with van der Waals surface area (Å²) in [6, 6.07) is 21.8. The molecule has 0 aromatic heterocycles. The van der Waals surface area contributed by atoms with E-state index in [1.807, 2.05) is 49.4 Å². The molecule has 0 radical (unpaired) electrons. The Morgan fingerprint density at radius 2 is 1.15 bits per heavy atom. The van der Waals surface area contributed by atoms with Crippen LogP contribution in [0.2, 0.25) is 0 Å². The molecule has 0 atom stereocenters. The van der Waals surface area contributed by atoms with Gasteiger partial charge in [-0.1, -0.05) is 64.1 Å². The normalized spacial score (nSPS) is 11.6. The number of phenols is 1. The quantitative estimate of drug-likeness (QED) is 0.163. The number of phenolic OH excluding ortho intramolecular Hbond substituents is 1. The lowest BCUT2D eigenvalue weighted by atomic mass is 9.75. The first-order valence-corrected chi connectivity index (χ1v) is 14.0. The topological polar surface area (TPSA) is 82.1 Å². The van der Waals surface area contributed by atoms with E-state index in [2.05, 4.69) is 27.7 Å². The zero-order valence-electron chi connectivity index (χ0n) is 24.4. The van der Waals surface area contributed by atoms with E-state index in [0.717, 1.165) is 16.9 Å². The van der Waals surface area contributed by atoms with Crippen molar-refractivity contribution in [1.82, 2.24) is 0 Å². The lowest BCUT2D eigenvalue weighted by molar-refractivity contribution is -0.135. The maximum absolute atomic E-state index is 12.3. The van der Waals surface area contributed by atoms with E-state index in [-0.39, 0.29) is 29.5 Å². The maximum Gasteiger partial charge on any atom is 0.311 e. The van der Waals surface area contributed by atoms with Crippen LogP contribution < -0.4 is 14.2 Å². The van der Waals surface area contributed by atoms with Crippen molar-refractivity contribution in [3.8, 4) is 23.0 Å². The first kappa shape index (κ1) is 30.7. The third-order valence-corrected chi connectivity index (χ3v) is 7.17. The van der Waals surface area contributed by atoms with Crippen LogP contribution in [-0.4, -0.2) is 23.7 Å². The van der Waals surface area contributed by atoms with Gasteiger partial charge in [0.05, 0.1) is 6.61 Å². The van der Waals surface area contributed by atoms with E-state index in [1.165, 1.54) is 0 Å². The summed E-state index contributed by atoms with van der Waals surface area (Å²) >= 11 is 0. The van der Waals surface area contributed by atoms with E-state index in [4.69, 9.17) is 14.2 Å². The van der Waals surface area contributed by atoms with E-state index in [1.54, 1.807) is 30.3 Å². The van der Waals surface area contributed by atoms with E-state index in [0.29, 0.717) is 50.2 Å². The van der Waals surface area contributed by atoms with Crippen LogP contribution in [0, 0.1) is 0 Å². The third-order valence-electron chi connectivity index (χ3n) is 7.17. The molecule has 0 bridgehead atoms. The molecule has 0 saturated carbocycles. The van der Waals surface area contributed by atoms with Gasteiger partial charge < -0.3 is 19.3 Å². The molecule has 214 valence electrons. The van der Waals surface area contributed by atoms with Gasteiger partial charge in [0.2, 0.25) is 0 Å². The number of rotatable bonds is 14. The number of carbonyl (C=O) groups is 2. The SMILES string of the molecule is CCOc1cc(C(C)(C)CCCC(=O)Oc2ccccc2)c(O)cc1C(C)(C)CCCC(=O)Oc1ccccc1. The summed E-state index contributed by atoms with van der Waals surface area (Å²) in [5.41, 5.74) is 0.929. The second kappa shape index (κ2) is 14.0. The van der Waals surface area contributed by atoms with Gasteiger partial charge in [-0.05, 0) is 79.8 Å². The van der Waals surface area contributed by atoms with Crippen LogP contribution >= 0.6 is 0 Å². The van der Waals surface area contributed by atoms with Gasteiger partial charge in [0.15, 0.2) is 0 Å². The Hall–Kier alpha value is -3.80. The van der Waals surface area contributed by atoms with Gasteiger partial charge in [0.1, 0.15) is 23.0 Å².